The Bertz CT molecular complexity index is 1350. The Morgan fingerprint density at radius 3 is 2.47 bits per heavy atom. The van der Waals surface area contributed by atoms with Crippen LogP contribution in [0.4, 0.5) is 18.9 Å². The predicted octanol–water partition coefficient (Wildman–Crippen LogP) is 5.80. The van der Waals surface area contributed by atoms with Gasteiger partial charge in [-0.1, -0.05) is 48.2 Å². The Morgan fingerprint density at radius 2 is 1.81 bits per heavy atom. The number of hydrogen-bond donors (Lipinski definition) is 1. The summed E-state index contributed by atoms with van der Waals surface area (Å²) < 4.78 is 45.8. The number of carbonyl (C=O) groups excluding carboxylic acids is 1. The molecular weight excluding hydrogens is 463 g/mol. The topological polar surface area (TPSA) is 70.8 Å². The van der Waals surface area contributed by atoms with Gasteiger partial charge in [0.05, 0.1) is 21.7 Å². The molecule has 0 atom stereocenters. The molecule has 0 bridgehead atoms. The highest BCUT2D eigenvalue weighted by atomic mass is 32.2. The summed E-state index contributed by atoms with van der Waals surface area (Å²) in [5, 5.41) is 9.18. The first-order valence-electron chi connectivity index (χ1n) is 9.12. The number of carboxylic acid groups (broad SMARTS) is 1. The van der Waals surface area contributed by atoms with E-state index in [4.69, 9.17) is 16.6 Å². The molecule has 10 heteroatoms. The molecule has 1 aliphatic carbocycles. The summed E-state index contributed by atoms with van der Waals surface area (Å²) in [5.41, 5.74) is 0.504. The molecule has 0 radical (unpaired) electrons. The maximum atomic E-state index is 13.3. The van der Waals surface area contributed by atoms with E-state index in [0.717, 1.165) is 17.8 Å². The number of carboxylic acids is 1. The highest BCUT2D eigenvalue weighted by Gasteiger charge is 2.45. The number of anilines is 1. The minimum atomic E-state index is -4.53. The summed E-state index contributed by atoms with van der Waals surface area (Å²) in [6.45, 7) is 0. The van der Waals surface area contributed by atoms with Crippen LogP contribution < -0.4 is 4.90 Å². The first kappa shape index (κ1) is 20.5. The number of aromatic carboxylic acids is 1. The third-order valence-corrected chi connectivity index (χ3v) is 6.38. The van der Waals surface area contributed by atoms with Crippen LogP contribution in [0.2, 0.25) is 0 Å². The van der Waals surface area contributed by atoms with Crippen LogP contribution in [-0.4, -0.2) is 21.3 Å². The van der Waals surface area contributed by atoms with Gasteiger partial charge < -0.3 is 9.52 Å². The van der Waals surface area contributed by atoms with Gasteiger partial charge in [0.25, 0.3) is 5.91 Å². The SMILES string of the molecule is O=C(O)c1cccc(N2C(=O)C(=C3c4cc(-c5ccccc5C(F)(F)F)oc43)SC2=S)c1. The normalized spacial score (nSPS) is 17.7. The van der Waals surface area contributed by atoms with Crippen molar-refractivity contribution in [2.24, 2.45) is 0 Å². The third kappa shape index (κ3) is 3.23. The largest absolute Gasteiger partial charge is 0.478 e. The zero-order chi connectivity index (χ0) is 22.8. The van der Waals surface area contributed by atoms with E-state index in [1.54, 1.807) is 6.07 Å². The van der Waals surface area contributed by atoms with E-state index in [-0.39, 0.29) is 21.2 Å². The molecule has 1 saturated heterocycles. The molecule has 0 spiro atoms. The number of thioether (sulfide) groups is 1. The lowest BCUT2D eigenvalue weighted by atomic mass is 10.0. The number of thiocarbonyl (C=S) groups is 1. The molecule has 5 nitrogen and oxygen atoms in total. The first-order valence-corrected chi connectivity index (χ1v) is 10.3. The molecule has 5 rings (SSSR count). The zero-order valence-corrected chi connectivity index (χ0v) is 17.4. The maximum Gasteiger partial charge on any atom is 0.417 e. The summed E-state index contributed by atoms with van der Waals surface area (Å²) >= 11 is 6.34. The van der Waals surface area contributed by atoms with Crippen molar-refractivity contribution in [1.82, 2.24) is 0 Å². The summed E-state index contributed by atoms with van der Waals surface area (Å²) in [7, 11) is 0. The van der Waals surface area contributed by atoms with Crippen molar-refractivity contribution < 1.29 is 32.3 Å². The molecule has 0 saturated carbocycles. The number of hydrogen-bond acceptors (Lipinski definition) is 5. The zero-order valence-electron chi connectivity index (χ0n) is 15.8. The van der Waals surface area contributed by atoms with E-state index in [1.807, 2.05) is 0 Å². The molecule has 1 amide bonds. The number of amides is 1. The molecule has 1 aromatic heterocycles. The minimum Gasteiger partial charge on any atom is -0.478 e. The second kappa shape index (κ2) is 7.07. The smallest absolute Gasteiger partial charge is 0.417 e. The van der Waals surface area contributed by atoms with E-state index in [9.17, 15) is 27.9 Å². The highest BCUT2D eigenvalue weighted by Crippen LogP contribution is 2.54. The summed E-state index contributed by atoms with van der Waals surface area (Å²) in [6.07, 6.45) is -4.53. The lowest BCUT2D eigenvalue weighted by Crippen LogP contribution is -2.27. The number of halogens is 3. The van der Waals surface area contributed by atoms with Crippen LogP contribution in [0, 0.1) is 0 Å². The number of fused-ring (bicyclic) bond motifs is 1. The Kier molecular flexibility index (Phi) is 4.54. The van der Waals surface area contributed by atoms with Crippen molar-refractivity contribution >= 4 is 51.4 Å². The molecular formula is C22H10F3NO4S2. The van der Waals surface area contributed by atoms with E-state index in [1.165, 1.54) is 47.4 Å². The number of nitrogens with zero attached hydrogens (tertiary/aromatic N) is 1. The van der Waals surface area contributed by atoms with Gasteiger partial charge in [0.1, 0.15) is 11.5 Å². The lowest BCUT2D eigenvalue weighted by molar-refractivity contribution is -0.137. The number of furan rings is 1. The van der Waals surface area contributed by atoms with Crippen LogP contribution in [0.5, 0.6) is 0 Å². The standard InChI is InChI=1S/C22H10F3NO4S2/c23-22(24,25)14-7-2-1-6-12(14)15-9-13-16(17(13)30-15)18-19(27)26(21(31)32-18)11-5-3-4-10(8-11)20(28)29/h1-9H,(H,28,29). The molecule has 0 unspecified atom stereocenters. The average molecular weight is 473 g/mol. The Balaban J connectivity index is 1.47. The van der Waals surface area contributed by atoms with Crippen LogP contribution in [0.1, 0.15) is 27.2 Å². The van der Waals surface area contributed by atoms with E-state index < -0.39 is 23.6 Å². The number of alkyl halides is 3. The molecule has 1 fully saturated rings. The second-order valence-electron chi connectivity index (χ2n) is 6.96. The number of rotatable bonds is 3. The van der Waals surface area contributed by atoms with Crippen molar-refractivity contribution in [3.63, 3.8) is 0 Å². The monoisotopic (exact) mass is 473 g/mol. The van der Waals surface area contributed by atoms with Gasteiger partial charge in [-0.3, -0.25) is 9.69 Å². The second-order valence-corrected chi connectivity index (χ2v) is 8.61. The Morgan fingerprint density at radius 1 is 1.06 bits per heavy atom. The van der Waals surface area contributed by atoms with E-state index in [2.05, 4.69) is 0 Å². The molecule has 2 aliphatic rings. The first-order chi connectivity index (χ1) is 15.2. The average Bonchev–Trinajstić information content (AvgIpc) is 3.08. The van der Waals surface area contributed by atoms with Crippen molar-refractivity contribution in [3.8, 4) is 11.3 Å². The number of carbonyl (C=O) groups is 2. The Labute approximate surface area is 188 Å². The van der Waals surface area contributed by atoms with Gasteiger partial charge in [-0.2, -0.15) is 13.2 Å². The molecule has 2 aromatic carbocycles. The predicted molar refractivity (Wildman–Crippen MR) is 116 cm³/mol. The van der Waals surface area contributed by atoms with Gasteiger partial charge in [-0.25, -0.2) is 4.79 Å². The fourth-order valence-electron chi connectivity index (χ4n) is 3.52. The lowest BCUT2D eigenvalue weighted by Gasteiger charge is -2.14. The molecule has 2 heterocycles. The van der Waals surface area contributed by atoms with Crippen molar-refractivity contribution in [1.29, 1.82) is 0 Å². The van der Waals surface area contributed by atoms with Crippen LogP contribution in [0.3, 0.4) is 0 Å². The third-order valence-electron chi connectivity index (χ3n) is 5.01. The van der Waals surface area contributed by atoms with Crippen LogP contribution in [0.25, 0.3) is 16.9 Å². The number of benzene rings is 2. The molecule has 160 valence electrons. The van der Waals surface area contributed by atoms with Gasteiger partial charge in [0.15, 0.2) is 4.32 Å². The molecule has 32 heavy (non-hydrogen) atoms. The van der Waals surface area contributed by atoms with Crippen LogP contribution >= 0.6 is 24.0 Å². The fourth-order valence-corrected chi connectivity index (χ4v) is 4.90. The van der Waals surface area contributed by atoms with E-state index in [0.29, 0.717) is 27.5 Å². The minimum absolute atomic E-state index is 0.00971. The van der Waals surface area contributed by atoms with E-state index >= 15 is 0 Å². The van der Waals surface area contributed by atoms with Gasteiger partial charge in [0.2, 0.25) is 0 Å². The van der Waals surface area contributed by atoms with Gasteiger partial charge in [-0.05, 0) is 30.3 Å². The molecule has 3 aromatic rings. The van der Waals surface area contributed by atoms with Crippen molar-refractivity contribution in [3.05, 3.63) is 82.0 Å². The Hall–Kier alpha value is -3.37. The van der Waals surface area contributed by atoms with Crippen LogP contribution in [0.15, 0.2) is 63.9 Å². The molecule has 1 aliphatic heterocycles. The van der Waals surface area contributed by atoms with Gasteiger partial charge >= 0.3 is 12.1 Å². The van der Waals surface area contributed by atoms with Gasteiger partial charge in [-0.15, -0.1) is 0 Å². The maximum absolute atomic E-state index is 13.3. The van der Waals surface area contributed by atoms with Crippen molar-refractivity contribution in [2.45, 2.75) is 6.18 Å². The van der Waals surface area contributed by atoms with Gasteiger partial charge in [0, 0.05) is 16.7 Å². The summed E-state index contributed by atoms with van der Waals surface area (Å²) in [6, 6.07) is 12.4. The van der Waals surface area contributed by atoms with Crippen LogP contribution in [-0.2, 0) is 11.0 Å². The fraction of sp³-hybridized carbons (Fsp3) is 0.0455. The summed E-state index contributed by atoms with van der Waals surface area (Å²) in [4.78, 5) is 25.8. The van der Waals surface area contributed by atoms with Crippen molar-refractivity contribution in [2.75, 3.05) is 4.90 Å². The quantitative estimate of drug-likeness (QED) is 0.300. The highest BCUT2D eigenvalue weighted by molar-refractivity contribution is 8.27. The molecule has 1 N–H and O–H groups in total. The summed E-state index contributed by atoms with van der Waals surface area (Å²) in [5.74, 6) is -1.17.